The summed E-state index contributed by atoms with van der Waals surface area (Å²) in [6, 6.07) is 16.2. The molecule has 1 aliphatic carbocycles. The van der Waals surface area contributed by atoms with Gasteiger partial charge in [-0.2, -0.15) is 16.8 Å². The van der Waals surface area contributed by atoms with Gasteiger partial charge in [0.05, 0.1) is 11.5 Å². The topological polar surface area (TPSA) is 144 Å². The van der Waals surface area contributed by atoms with Crippen LogP contribution in [0.15, 0.2) is 99.8 Å². The first-order chi connectivity index (χ1) is 24.4. The maximum atomic E-state index is 12.9. The minimum absolute atomic E-state index is 0.0236. The molecular weight excluding hydrogens is 743 g/mol. The Morgan fingerprint density at radius 3 is 1.98 bits per heavy atom. The van der Waals surface area contributed by atoms with E-state index in [2.05, 4.69) is 10.3 Å². The number of aryl methyl sites for hydroxylation is 5. The molecule has 272 valence electrons. The highest BCUT2D eigenvalue weighted by Crippen LogP contribution is 2.38. The van der Waals surface area contributed by atoms with Gasteiger partial charge in [0.25, 0.3) is 20.2 Å². The fourth-order valence-corrected chi connectivity index (χ4v) is 8.32. The lowest BCUT2D eigenvalue weighted by atomic mass is 9.87. The highest BCUT2D eigenvalue weighted by Gasteiger charge is 2.27. The van der Waals surface area contributed by atoms with Crippen LogP contribution < -0.4 is 10.3 Å². The first kappa shape index (κ1) is 39.1. The second-order valence-electron chi connectivity index (χ2n) is 12.6. The second kappa shape index (κ2) is 15.5. The van der Waals surface area contributed by atoms with Gasteiger partial charge in [-0.15, -0.1) is 0 Å². The van der Waals surface area contributed by atoms with Gasteiger partial charge < -0.3 is 10.1 Å². The van der Waals surface area contributed by atoms with Gasteiger partial charge in [0.15, 0.2) is 0 Å². The molecule has 5 rings (SSSR count). The van der Waals surface area contributed by atoms with Crippen LogP contribution in [0.1, 0.15) is 45.9 Å². The van der Waals surface area contributed by atoms with Crippen LogP contribution in [0.4, 0.5) is 17.1 Å². The van der Waals surface area contributed by atoms with Crippen LogP contribution >= 0.6 is 23.2 Å². The van der Waals surface area contributed by atoms with Gasteiger partial charge in [0.1, 0.15) is 4.90 Å². The minimum Gasteiger partial charge on any atom is -0.380 e. The molecule has 0 atom stereocenters. The van der Waals surface area contributed by atoms with Gasteiger partial charge in [-0.3, -0.25) is 9.11 Å². The van der Waals surface area contributed by atoms with Crippen LogP contribution in [0.2, 0.25) is 10.0 Å². The molecular formula is C39H39Cl2N2O7S2+. The van der Waals surface area contributed by atoms with Crippen LogP contribution in [-0.2, 0) is 31.4 Å². The van der Waals surface area contributed by atoms with Crippen LogP contribution in [0.3, 0.4) is 0 Å². The van der Waals surface area contributed by atoms with E-state index in [-0.39, 0.29) is 12.2 Å². The van der Waals surface area contributed by atoms with E-state index in [1.807, 2.05) is 89.2 Å². The molecule has 0 amide bonds. The number of nitrogens with one attached hydrogen (secondary N) is 2. The van der Waals surface area contributed by atoms with Gasteiger partial charge >= 0.3 is 0 Å². The van der Waals surface area contributed by atoms with Crippen molar-refractivity contribution in [1.29, 1.82) is 0 Å². The molecule has 0 fully saturated rings. The summed E-state index contributed by atoms with van der Waals surface area (Å²) in [4.78, 5) is 2.12. The van der Waals surface area contributed by atoms with Crippen LogP contribution in [0.5, 0.6) is 0 Å². The summed E-state index contributed by atoms with van der Waals surface area (Å²) in [6.07, 6.45) is 6.10. The first-order valence-electron chi connectivity index (χ1n) is 16.2. The molecule has 52 heavy (non-hydrogen) atoms. The minimum atomic E-state index is -5.00. The van der Waals surface area contributed by atoms with E-state index in [1.165, 1.54) is 6.07 Å². The Morgan fingerprint density at radius 2 is 1.42 bits per heavy atom. The van der Waals surface area contributed by atoms with Gasteiger partial charge in [-0.25, -0.2) is 4.99 Å². The van der Waals surface area contributed by atoms with Crippen LogP contribution in [0, 0.1) is 27.7 Å². The third kappa shape index (κ3) is 8.58. The number of rotatable bonds is 10. The molecule has 0 radical (unpaired) electrons. The summed E-state index contributed by atoms with van der Waals surface area (Å²) in [5.74, 6) is 0. The zero-order valence-electron chi connectivity index (χ0n) is 29.4. The normalized spacial score (nSPS) is 15.2. The Bertz CT molecular complexity index is 2400. The number of anilines is 2. The van der Waals surface area contributed by atoms with E-state index < -0.39 is 30.0 Å². The molecule has 0 saturated carbocycles. The Balaban J connectivity index is 1.79. The van der Waals surface area contributed by atoms with Crippen molar-refractivity contribution in [3.8, 4) is 0 Å². The molecule has 4 aromatic carbocycles. The fourth-order valence-electron chi connectivity index (χ4n) is 6.36. The van der Waals surface area contributed by atoms with E-state index >= 15 is 0 Å². The summed E-state index contributed by atoms with van der Waals surface area (Å²) >= 11 is 12.6. The maximum Gasteiger partial charge on any atom is 0.295 e. The zero-order valence-corrected chi connectivity index (χ0v) is 32.6. The van der Waals surface area contributed by atoms with Crippen LogP contribution in [0.25, 0.3) is 5.57 Å². The molecule has 0 aliphatic heterocycles. The quantitative estimate of drug-likeness (QED) is 0.119. The molecule has 0 saturated heterocycles. The lowest BCUT2D eigenvalue weighted by Crippen LogP contribution is -2.67. The summed E-state index contributed by atoms with van der Waals surface area (Å²) in [7, 11) is -8.25. The standard InChI is InChI=1S/C39H38Cl2N2O7S2/c1-7-26-18-27(8-12-34(26)42-38-22(2)14-30(40)15-23(38)3)37(33-11-10-32(51(44,45)46)20-36(33)52(47,48)49)28-9-13-35(29(19-28)21-50-6)43-39-24(4)16-31(41)17-25(39)5/h8-20,42H,7,21H2,1-6H3,(H,44,45,46)(H,47,48,49)/p+1. The summed E-state index contributed by atoms with van der Waals surface area (Å²) < 4.78 is 75.7. The third-order valence-corrected chi connectivity index (χ3v) is 11.0. The van der Waals surface area contributed by atoms with Crippen molar-refractivity contribution >= 4 is 71.8 Å². The number of halogens is 2. The molecule has 0 aromatic heterocycles. The average Bonchev–Trinajstić information content (AvgIpc) is 3.05. The van der Waals surface area contributed by atoms with E-state index in [0.29, 0.717) is 33.2 Å². The van der Waals surface area contributed by atoms with E-state index in [1.54, 1.807) is 13.2 Å². The number of allylic oxidation sites excluding steroid dienone is 4. The Kier molecular flexibility index (Phi) is 11.7. The molecule has 13 heteroatoms. The van der Waals surface area contributed by atoms with Gasteiger partial charge in [-0.05, 0) is 128 Å². The number of hydrogen-bond acceptors (Lipinski definition) is 6. The largest absolute Gasteiger partial charge is 0.380 e. The smallest absolute Gasteiger partial charge is 0.295 e. The van der Waals surface area contributed by atoms with E-state index in [0.717, 1.165) is 68.3 Å². The SMILES string of the molecule is CCc1cc(C(=C2C=CC(=[NH+]c3c(C)cc(Cl)cc3C)C(COC)=C2)c2ccc(S(=O)(=O)O)cc2S(=O)(=O)O)ccc1Nc1c(C)cc(Cl)cc1C. The first-order valence-corrected chi connectivity index (χ1v) is 19.8. The Morgan fingerprint density at radius 1 is 0.808 bits per heavy atom. The molecule has 1 aliphatic rings. The zero-order chi connectivity index (χ0) is 38.1. The van der Waals surface area contributed by atoms with Crippen molar-refractivity contribution in [2.45, 2.75) is 50.8 Å². The fraction of sp³-hybridized carbons (Fsp3) is 0.205. The molecule has 0 unspecified atom stereocenters. The summed E-state index contributed by atoms with van der Waals surface area (Å²) in [5, 5.41) is 4.78. The van der Waals surface area contributed by atoms with Crippen molar-refractivity contribution < 1.29 is 35.7 Å². The molecule has 9 nitrogen and oxygen atoms in total. The van der Waals surface area contributed by atoms with Crippen molar-refractivity contribution in [2.24, 2.45) is 0 Å². The third-order valence-electron chi connectivity index (χ3n) is 8.78. The lowest BCUT2D eigenvalue weighted by molar-refractivity contribution is -0.353. The number of hydrogen-bond donors (Lipinski definition) is 4. The molecule has 4 N–H and O–H groups in total. The predicted molar refractivity (Wildman–Crippen MR) is 208 cm³/mol. The van der Waals surface area contributed by atoms with Gasteiger partial charge in [-0.1, -0.05) is 42.3 Å². The average molecular weight is 783 g/mol. The van der Waals surface area contributed by atoms with E-state index in [4.69, 9.17) is 27.9 Å². The van der Waals surface area contributed by atoms with Crippen molar-refractivity contribution in [2.75, 3.05) is 19.0 Å². The van der Waals surface area contributed by atoms with Gasteiger partial charge in [0.2, 0.25) is 11.4 Å². The van der Waals surface area contributed by atoms with Crippen molar-refractivity contribution in [3.63, 3.8) is 0 Å². The molecule has 0 spiro atoms. The number of methoxy groups -OCH3 is 1. The maximum absolute atomic E-state index is 12.9. The van der Waals surface area contributed by atoms with Gasteiger partial charge in [0, 0.05) is 56.9 Å². The Labute approximate surface area is 314 Å². The van der Waals surface area contributed by atoms with Crippen molar-refractivity contribution in [3.05, 3.63) is 139 Å². The summed E-state index contributed by atoms with van der Waals surface area (Å²) in [5.41, 5.74) is 10.3. The monoisotopic (exact) mass is 781 g/mol. The second-order valence-corrected chi connectivity index (χ2v) is 16.3. The molecule has 4 aromatic rings. The molecule has 0 heterocycles. The summed E-state index contributed by atoms with van der Waals surface area (Å²) in [6.45, 7) is 10.0. The highest BCUT2D eigenvalue weighted by molar-refractivity contribution is 7.86. The Hall–Kier alpha value is -4.07. The van der Waals surface area contributed by atoms with E-state index in [9.17, 15) is 25.9 Å². The van der Waals surface area contributed by atoms with Crippen molar-refractivity contribution in [1.82, 2.24) is 0 Å². The number of ether oxygens (including phenoxy) is 1. The lowest BCUT2D eigenvalue weighted by Gasteiger charge is -2.21. The highest BCUT2D eigenvalue weighted by atomic mass is 35.5. The molecule has 0 bridgehead atoms. The van der Waals surface area contributed by atoms with Crippen LogP contribution in [-0.4, -0.2) is 45.4 Å². The predicted octanol–water partition coefficient (Wildman–Crippen LogP) is 7.82. The number of benzene rings is 4.